The van der Waals surface area contributed by atoms with Crippen molar-refractivity contribution in [3.8, 4) is 11.5 Å². The van der Waals surface area contributed by atoms with Gasteiger partial charge in [-0.1, -0.05) is 13.8 Å². The Morgan fingerprint density at radius 2 is 1.96 bits per heavy atom. The second-order valence-electron chi connectivity index (χ2n) is 5.70. The smallest absolute Gasteiger partial charge is 0.191 e. The maximum atomic E-state index is 5.36. The molecule has 1 aromatic rings. The van der Waals surface area contributed by atoms with Crippen LogP contribution in [0.25, 0.3) is 0 Å². The van der Waals surface area contributed by atoms with Crippen molar-refractivity contribution in [2.75, 3.05) is 27.8 Å². The summed E-state index contributed by atoms with van der Waals surface area (Å²) in [7, 11) is 5.04. The number of hydrogen-bond donors (Lipinski definition) is 2. The molecule has 5 nitrogen and oxygen atoms in total. The second kappa shape index (κ2) is 10.4. The van der Waals surface area contributed by atoms with E-state index in [0.29, 0.717) is 18.0 Å². The summed E-state index contributed by atoms with van der Waals surface area (Å²) in [5.41, 5.74) is 1.08. The Kier molecular flexibility index (Phi) is 8.84. The van der Waals surface area contributed by atoms with Gasteiger partial charge < -0.3 is 20.1 Å². The number of rotatable bonds is 8. The Hall–Kier alpha value is -1.43. The summed E-state index contributed by atoms with van der Waals surface area (Å²) >= 11 is 3.51. The zero-order valence-electron chi connectivity index (χ0n) is 14.7. The van der Waals surface area contributed by atoms with Crippen molar-refractivity contribution in [3.63, 3.8) is 0 Å². The third-order valence-electron chi connectivity index (χ3n) is 3.43. The lowest BCUT2D eigenvalue weighted by Crippen LogP contribution is -2.37. The molecule has 0 unspecified atom stereocenters. The molecule has 0 spiro atoms. The molecule has 0 fully saturated rings. The minimum absolute atomic E-state index is 0.656. The fourth-order valence-electron chi connectivity index (χ4n) is 2.20. The van der Waals surface area contributed by atoms with Crippen LogP contribution in [0.3, 0.4) is 0 Å². The molecule has 0 saturated heterocycles. The molecular formula is C17H28BrN3O2. The third kappa shape index (κ3) is 6.69. The van der Waals surface area contributed by atoms with Crippen LogP contribution in [0.4, 0.5) is 0 Å². The van der Waals surface area contributed by atoms with E-state index >= 15 is 0 Å². The number of hydrogen-bond acceptors (Lipinski definition) is 3. The van der Waals surface area contributed by atoms with Gasteiger partial charge in [-0.05, 0) is 52.4 Å². The summed E-state index contributed by atoms with van der Waals surface area (Å²) in [6, 6.07) is 3.98. The first-order chi connectivity index (χ1) is 11.0. The van der Waals surface area contributed by atoms with Crippen LogP contribution in [0.2, 0.25) is 0 Å². The molecule has 0 atom stereocenters. The third-order valence-corrected chi connectivity index (χ3v) is 4.02. The van der Waals surface area contributed by atoms with E-state index in [2.05, 4.69) is 45.4 Å². The van der Waals surface area contributed by atoms with Gasteiger partial charge in [0.05, 0.1) is 18.7 Å². The molecule has 0 aromatic heterocycles. The Balaban J connectivity index is 2.57. The van der Waals surface area contributed by atoms with E-state index in [1.165, 1.54) is 6.42 Å². The van der Waals surface area contributed by atoms with Crippen molar-refractivity contribution in [2.24, 2.45) is 10.9 Å². The number of nitrogens with one attached hydrogen (secondary N) is 2. The lowest BCUT2D eigenvalue weighted by molar-refractivity contribution is 0.352. The minimum Gasteiger partial charge on any atom is -0.493 e. The second-order valence-corrected chi connectivity index (χ2v) is 6.56. The first-order valence-electron chi connectivity index (χ1n) is 7.86. The highest BCUT2D eigenvalue weighted by Gasteiger charge is 2.10. The number of nitrogens with zero attached hydrogens (tertiary/aromatic N) is 1. The average Bonchev–Trinajstić information content (AvgIpc) is 2.53. The van der Waals surface area contributed by atoms with Gasteiger partial charge in [0.15, 0.2) is 17.5 Å². The maximum absolute atomic E-state index is 5.36. The van der Waals surface area contributed by atoms with Crippen molar-refractivity contribution in [1.29, 1.82) is 0 Å². The number of benzene rings is 1. The molecule has 1 rings (SSSR count). The first kappa shape index (κ1) is 19.6. The summed E-state index contributed by atoms with van der Waals surface area (Å²) in [5, 5.41) is 6.64. The van der Waals surface area contributed by atoms with Crippen molar-refractivity contribution in [2.45, 2.75) is 33.2 Å². The van der Waals surface area contributed by atoms with E-state index in [0.717, 1.165) is 34.9 Å². The van der Waals surface area contributed by atoms with Crippen LogP contribution in [0, 0.1) is 5.92 Å². The van der Waals surface area contributed by atoms with Gasteiger partial charge in [-0.15, -0.1) is 0 Å². The number of halogens is 1. The molecule has 0 aliphatic carbocycles. The molecule has 0 heterocycles. The van der Waals surface area contributed by atoms with Crippen LogP contribution in [0.5, 0.6) is 11.5 Å². The fourth-order valence-corrected chi connectivity index (χ4v) is 2.85. The molecule has 6 heteroatoms. The van der Waals surface area contributed by atoms with E-state index in [1.807, 2.05) is 12.1 Å². The number of aliphatic imine (C=N–C) groups is 1. The van der Waals surface area contributed by atoms with Gasteiger partial charge in [-0.25, -0.2) is 0 Å². The molecule has 0 bridgehead atoms. The predicted molar refractivity (Wildman–Crippen MR) is 99.5 cm³/mol. The summed E-state index contributed by atoms with van der Waals surface area (Å²) in [6.45, 7) is 6.06. The van der Waals surface area contributed by atoms with Gasteiger partial charge in [0.1, 0.15) is 0 Å². The van der Waals surface area contributed by atoms with Crippen LogP contribution in [0.15, 0.2) is 21.6 Å². The Morgan fingerprint density at radius 1 is 1.22 bits per heavy atom. The molecule has 2 N–H and O–H groups in total. The van der Waals surface area contributed by atoms with Crippen molar-refractivity contribution >= 4 is 21.9 Å². The highest BCUT2D eigenvalue weighted by atomic mass is 79.9. The average molecular weight is 386 g/mol. The SMILES string of the molecule is CN=C(NCCCC(C)C)NCc1cc(Br)c(OC)c(OC)c1. The van der Waals surface area contributed by atoms with E-state index in [4.69, 9.17) is 9.47 Å². The summed E-state index contributed by atoms with van der Waals surface area (Å²) < 4.78 is 11.6. The van der Waals surface area contributed by atoms with E-state index in [-0.39, 0.29) is 0 Å². The monoisotopic (exact) mass is 385 g/mol. The highest BCUT2D eigenvalue weighted by Crippen LogP contribution is 2.36. The number of guanidine groups is 1. The van der Waals surface area contributed by atoms with E-state index in [1.54, 1.807) is 21.3 Å². The van der Waals surface area contributed by atoms with Crippen molar-refractivity contribution in [1.82, 2.24) is 10.6 Å². The van der Waals surface area contributed by atoms with E-state index < -0.39 is 0 Å². The summed E-state index contributed by atoms with van der Waals surface area (Å²) in [5.74, 6) is 2.95. The van der Waals surface area contributed by atoms with Gasteiger partial charge in [0, 0.05) is 20.1 Å². The highest BCUT2D eigenvalue weighted by molar-refractivity contribution is 9.10. The molecule has 1 aromatic carbocycles. The lowest BCUT2D eigenvalue weighted by Gasteiger charge is -2.15. The molecule has 23 heavy (non-hydrogen) atoms. The minimum atomic E-state index is 0.656. The van der Waals surface area contributed by atoms with Gasteiger partial charge in [-0.3, -0.25) is 4.99 Å². The van der Waals surface area contributed by atoms with Crippen LogP contribution in [-0.2, 0) is 6.54 Å². The lowest BCUT2D eigenvalue weighted by atomic mass is 10.1. The molecule has 0 aliphatic rings. The van der Waals surface area contributed by atoms with Crippen LogP contribution < -0.4 is 20.1 Å². The normalized spacial score (nSPS) is 11.5. The maximum Gasteiger partial charge on any atom is 0.191 e. The molecule has 0 aliphatic heterocycles. The fraction of sp³-hybridized carbons (Fsp3) is 0.588. The van der Waals surface area contributed by atoms with Crippen LogP contribution in [-0.4, -0.2) is 33.8 Å². The Bertz CT molecular complexity index is 519. The molecular weight excluding hydrogens is 358 g/mol. The van der Waals surface area contributed by atoms with Crippen molar-refractivity contribution in [3.05, 3.63) is 22.2 Å². The van der Waals surface area contributed by atoms with Gasteiger partial charge in [0.2, 0.25) is 0 Å². The standard InChI is InChI=1S/C17H28BrN3O2/c1-12(2)7-6-8-20-17(19-3)21-11-13-9-14(18)16(23-5)15(10-13)22-4/h9-10,12H,6-8,11H2,1-5H3,(H2,19,20,21). The first-order valence-corrected chi connectivity index (χ1v) is 8.66. The molecule has 130 valence electrons. The Labute approximate surface area is 148 Å². The summed E-state index contributed by atoms with van der Waals surface area (Å²) in [4.78, 5) is 4.25. The van der Waals surface area contributed by atoms with Gasteiger partial charge >= 0.3 is 0 Å². The zero-order valence-corrected chi connectivity index (χ0v) is 16.3. The van der Waals surface area contributed by atoms with Crippen LogP contribution >= 0.6 is 15.9 Å². The van der Waals surface area contributed by atoms with Gasteiger partial charge in [0.25, 0.3) is 0 Å². The predicted octanol–water partition coefficient (Wildman–Crippen LogP) is 3.57. The largest absolute Gasteiger partial charge is 0.493 e. The molecule has 0 radical (unpaired) electrons. The quantitative estimate of drug-likeness (QED) is 0.408. The number of methoxy groups -OCH3 is 2. The number of ether oxygens (including phenoxy) is 2. The van der Waals surface area contributed by atoms with Gasteiger partial charge in [-0.2, -0.15) is 0 Å². The molecule has 0 saturated carbocycles. The van der Waals surface area contributed by atoms with E-state index in [9.17, 15) is 0 Å². The molecule has 0 amide bonds. The Morgan fingerprint density at radius 3 is 2.52 bits per heavy atom. The zero-order chi connectivity index (χ0) is 17.2. The van der Waals surface area contributed by atoms with Crippen molar-refractivity contribution < 1.29 is 9.47 Å². The van der Waals surface area contributed by atoms with Crippen LogP contribution in [0.1, 0.15) is 32.3 Å². The topological polar surface area (TPSA) is 54.9 Å². The summed E-state index contributed by atoms with van der Waals surface area (Å²) in [6.07, 6.45) is 2.35.